The Bertz CT molecular complexity index is 306. The molecular formula is C9H17N5O. The minimum Gasteiger partial charge on any atom is -0.396 e. The number of hydrazine groups is 1. The van der Waals surface area contributed by atoms with Crippen LogP contribution in [0.15, 0.2) is 12.3 Å². The van der Waals surface area contributed by atoms with E-state index in [2.05, 4.69) is 20.7 Å². The average Bonchev–Trinajstić information content (AvgIpc) is 2.28. The summed E-state index contributed by atoms with van der Waals surface area (Å²) in [6, 6.07) is 1.89. The third-order valence-electron chi connectivity index (χ3n) is 2.30. The Morgan fingerprint density at radius 3 is 2.87 bits per heavy atom. The zero-order valence-corrected chi connectivity index (χ0v) is 8.94. The minimum absolute atomic E-state index is 0.135. The molecule has 1 aromatic rings. The van der Waals surface area contributed by atoms with Gasteiger partial charge in [0.15, 0.2) is 0 Å². The number of hydrogen-bond acceptors (Lipinski definition) is 6. The average molecular weight is 211 g/mol. The van der Waals surface area contributed by atoms with Crippen molar-refractivity contribution in [2.24, 2.45) is 11.8 Å². The summed E-state index contributed by atoms with van der Waals surface area (Å²) >= 11 is 0. The third-order valence-corrected chi connectivity index (χ3v) is 2.30. The lowest BCUT2D eigenvalue weighted by atomic mass is 10.1. The van der Waals surface area contributed by atoms with Crippen LogP contribution in [0.5, 0.6) is 0 Å². The molecule has 0 aliphatic heterocycles. The van der Waals surface area contributed by atoms with Crippen LogP contribution in [0.25, 0.3) is 0 Å². The first-order valence-electron chi connectivity index (χ1n) is 4.84. The molecule has 0 fully saturated rings. The van der Waals surface area contributed by atoms with Crippen LogP contribution in [-0.4, -0.2) is 27.7 Å². The molecule has 2 atom stereocenters. The molecule has 2 unspecified atom stereocenters. The number of aliphatic hydroxyl groups excluding tert-OH is 1. The topological polar surface area (TPSA) is 96.1 Å². The van der Waals surface area contributed by atoms with Crippen LogP contribution < -0.4 is 16.6 Å². The first-order chi connectivity index (χ1) is 7.17. The van der Waals surface area contributed by atoms with Crippen LogP contribution in [0.4, 0.5) is 11.8 Å². The highest BCUT2D eigenvalue weighted by Gasteiger charge is 2.11. The molecule has 0 amide bonds. The lowest BCUT2D eigenvalue weighted by Gasteiger charge is -2.19. The zero-order valence-electron chi connectivity index (χ0n) is 8.94. The third kappa shape index (κ3) is 3.34. The molecule has 15 heavy (non-hydrogen) atoms. The van der Waals surface area contributed by atoms with E-state index in [4.69, 9.17) is 10.9 Å². The van der Waals surface area contributed by atoms with Crippen LogP contribution in [-0.2, 0) is 0 Å². The number of aromatic nitrogens is 2. The van der Waals surface area contributed by atoms with Crippen molar-refractivity contribution >= 4 is 11.8 Å². The molecule has 1 rings (SSSR count). The fourth-order valence-corrected chi connectivity index (χ4v) is 1.04. The molecular weight excluding hydrogens is 194 g/mol. The quantitative estimate of drug-likeness (QED) is 0.410. The van der Waals surface area contributed by atoms with Crippen molar-refractivity contribution in [3.05, 3.63) is 12.3 Å². The number of nitrogen functional groups attached to an aromatic ring is 1. The van der Waals surface area contributed by atoms with E-state index in [-0.39, 0.29) is 18.6 Å². The van der Waals surface area contributed by atoms with Gasteiger partial charge < -0.3 is 10.4 Å². The standard InChI is InChI=1S/C9H17N5O/c1-6(5-15)7(2)12-8-3-4-11-9(13-8)14-10/h3-4,6-7,15H,5,10H2,1-2H3,(H2,11,12,13,14). The number of anilines is 2. The number of nitrogens with two attached hydrogens (primary N) is 1. The van der Waals surface area contributed by atoms with Crippen molar-refractivity contribution in [2.75, 3.05) is 17.3 Å². The van der Waals surface area contributed by atoms with Gasteiger partial charge in [0.25, 0.3) is 0 Å². The fourth-order valence-electron chi connectivity index (χ4n) is 1.04. The Morgan fingerprint density at radius 1 is 1.53 bits per heavy atom. The van der Waals surface area contributed by atoms with E-state index in [1.807, 2.05) is 13.8 Å². The summed E-state index contributed by atoms with van der Waals surface area (Å²) in [4.78, 5) is 8.00. The molecule has 0 radical (unpaired) electrons. The Kier molecular flexibility index (Phi) is 4.26. The van der Waals surface area contributed by atoms with Gasteiger partial charge in [-0.1, -0.05) is 6.92 Å². The highest BCUT2D eigenvalue weighted by molar-refractivity contribution is 5.39. The molecule has 0 aromatic carbocycles. The van der Waals surface area contributed by atoms with E-state index in [0.717, 1.165) is 0 Å². The normalized spacial score (nSPS) is 14.4. The summed E-state index contributed by atoms with van der Waals surface area (Å²) < 4.78 is 0. The van der Waals surface area contributed by atoms with Crippen molar-refractivity contribution in [3.63, 3.8) is 0 Å². The molecule has 84 valence electrons. The number of aliphatic hydroxyl groups is 1. The molecule has 1 aromatic heterocycles. The van der Waals surface area contributed by atoms with Gasteiger partial charge in [-0.25, -0.2) is 10.8 Å². The second-order valence-electron chi connectivity index (χ2n) is 3.50. The maximum atomic E-state index is 8.98. The molecule has 0 aliphatic rings. The van der Waals surface area contributed by atoms with E-state index in [1.54, 1.807) is 12.3 Å². The Balaban J connectivity index is 2.63. The number of rotatable bonds is 5. The van der Waals surface area contributed by atoms with E-state index in [1.165, 1.54) is 0 Å². The van der Waals surface area contributed by atoms with E-state index in [0.29, 0.717) is 11.8 Å². The van der Waals surface area contributed by atoms with Gasteiger partial charge in [-0.15, -0.1) is 0 Å². The molecule has 0 saturated carbocycles. The smallest absolute Gasteiger partial charge is 0.239 e. The second-order valence-corrected chi connectivity index (χ2v) is 3.50. The SMILES string of the molecule is CC(CO)C(C)Nc1ccnc(NN)n1. The molecule has 1 heterocycles. The molecule has 0 bridgehead atoms. The predicted octanol–water partition coefficient (Wildman–Crippen LogP) is 0.191. The van der Waals surface area contributed by atoms with Gasteiger partial charge in [-0.2, -0.15) is 4.98 Å². The highest BCUT2D eigenvalue weighted by Crippen LogP contribution is 2.10. The molecule has 6 heteroatoms. The van der Waals surface area contributed by atoms with Crippen molar-refractivity contribution in [1.29, 1.82) is 0 Å². The lowest BCUT2D eigenvalue weighted by Crippen LogP contribution is -2.27. The van der Waals surface area contributed by atoms with E-state index in [9.17, 15) is 0 Å². The largest absolute Gasteiger partial charge is 0.396 e. The summed E-state index contributed by atoms with van der Waals surface area (Å²) in [5.41, 5.74) is 2.37. The fraction of sp³-hybridized carbons (Fsp3) is 0.556. The summed E-state index contributed by atoms with van der Waals surface area (Å²) in [6.07, 6.45) is 1.61. The molecule has 5 N–H and O–H groups in total. The van der Waals surface area contributed by atoms with Gasteiger partial charge >= 0.3 is 0 Å². The van der Waals surface area contributed by atoms with Crippen LogP contribution in [0.1, 0.15) is 13.8 Å². The van der Waals surface area contributed by atoms with E-state index >= 15 is 0 Å². The molecule has 6 nitrogen and oxygen atoms in total. The van der Waals surface area contributed by atoms with Gasteiger partial charge in [0.1, 0.15) is 5.82 Å². The summed E-state index contributed by atoms with van der Waals surface area (Å²) in [6.45, 7) is 4.08. The van der Waals surface area contributed by atoms with Crippen molar-refractivity contribution in [3.8, 4) is 0 Å². The maximum Gasteiger partial charge on any atom is 0.239 e. The van der Waals surface area contributed by atoms with Gasteiger partial charge in [0.05, 0.1) is 0 Å². The monoisotopic (exact) mass is 211 g/mol. The highest BCUT2D eigenvalue weighted by atomic mass is 16.3. The number of nitrogens with zero attached hydrogens (tertiary/aromatic N) is 2. The van der Waals surface area contributed by atoms with Crippen molar-refractivity contribution < 1.29 is 5.11 Å². The van der Waals surface area contributed by atoms with Crippen molar-refractivity contribution in [1.82, 2.24) is 9.97 Å². The molecule has 0 spiro atoms. The van der Waals surface area contributed by atoms with Gasteiger partial charge in [-0.05, 0) is 18.9 Å². The number of hydrogen-bond donors (Lipinski definition) is 4. The Morgan fingerprint density at radius 2 is 2.27 bits per heavy atom. The van der Waals surface area contributed by atoms with Crippen LogP contribution in [0.2, 0.25) is 0 Å². The number of nitrogens with one attached hydrogen (secondary N) is 2. The van der Waals surface area contributed by atoms with Crippen LogP contribution in [0, 0.1) is 5.92 Å². The second kappa shape index (κ2) is 5.47. The van der Waals surface area contributed by atoms with Crippen LogP contribution in [0.3, 0.4) is 0 Å². The van der Waals surface area contributed by atoms with Gasteiger partial charge in [0.2, 0.25) is 5.95 Å². The Labute approximate surface area is 88.9 Å². The first kappa shape index (κ1) is 11.7. The Hall–Kier alpha value is -1.40. The molecule has 0 aliphatic carbocycles. The summed E-state index contributed by atoms with van der Waals surface area (Å²) in [5, 5.41) is 12.1. The van der Waals surface area contributed by atoms with Crippen molar-refractivity contribution in [2.45, 2.75) is 19.9 Å². The summed E-state index contributed by atoms with van der Waals surface area (Å²) in [7, 11) is 0. The van der Waals surface area contributed by atoms with E-state index < -0.39 is 0 Å². The zero-order chi connectivity index (χ0) is 11.3. The van der Waals surface area contributed by atoms with Gasteiger partial charge in [0, 0.05) is 18.8 Å². The predicted molar refractivity (Wildman–Crippen MR) is 59.2 cm³/mol. The minimum atomic E-state index is 0.135. The summed E-state index contributed by atoms with van der Waals surface area (Å²) in [5.74, 6) is 6.40. The molecule has 0 saturated heterocycles. The lowest BCUT2D eigenvalue weighted by molar-refractivity contribution is 0.226. The maximum absolute atomic E-state index is 8.98. The van der Waals surface area contributed by atoms with Gasteiger partial charge in [-0.3, -0.25) is 5.43 Å². The first-order valence-corrected chi connectivity index (χ1v) is 4.84. The van der Waals surface area contributed by atoms with Crippen LogP contribution >= 0.6 is 0 Å².